The minimum atomic E-state index is -0.0313. The minimum absolute atomic E-state index is 0.0313. The summed E-state index contributed by atoms with van der Waals surface area (Å²) in [5, 5.41) is 5.23. The van der Waals surface area contributed by atoms with Crippen LogP contribution in [0.5, 0.6) is 0 Å². The SMILES string of the molecule is O=C(Nc1nccs1)N1CCC1. The van der Waals surface area contributed by atoms with Gasteiger partial charge < -0.3 is 4.90 Å². The van der Waals surface area contributed by atoms with Crippen LogP contribution in [0.15, 0.2) is 11.6 Å². The molecule has 0 aliphatic carbocycles. The van der Waals surface area contributed by atoms with E-state index in [-0.39, 0.29) is 6.03 Å². The summed E-state index contributed by atoms with van der Waals surface area (Å²) in [4.78, 5) is 17.0. The van der Waals surface area contributed by atoms with Crippen molar-refractivity contribution < 1.29 is 4.79 Å². The fourth-order valence-electron chi connectivity index (χ4n) is 0.975. The zero-order valence-electron chi connectivity index (χ0n) is 6.49. The Kier molecular flexibility index (Phi) is 1.95. The van der Waals surface area contributed by atoms with E-state index >= 15 is 0 Å². The Labute approximate surface area is 74.2 Å². The van der Waals surface area contributed by atoms with Crippen molar-refractivity contribution in [1.29, 1.82) is 0 Å². The predicted molar refractivity (Wildman–Crippen MR) is 47.3 cm³/mol. The van der Waals surface area contributed by atoms with Gasteiger partial charge in [-0.2, -0.15) is 0 Å². The number of anilines is 1. The molecule has 5 heteroatoms. The molecule has 0 unspecified atom stereocenters. The molecule has 1 aromatic rings. The average Bonchev–Trinajstić information content (AvgIpc) is 2.34. The summed E-state index contributed by atoms with van der Waals surface area (Å²) in [6.07, 6.45) is 2.79. The summed E-state index contributed by atoms with van der Waals surface area (Å²) >= 11 is 1.43. The molecule has 0 bridgehead atoms. The number of thiazole rings is 1. The molecule has 0 spiro atoms. The number of hydrogen-bond donors (Lipinski definition) is 1. The fraction of sp³-hybridized carbons (Fsp3) is 0.429. The first-order chi connectivity index (χ1) is 5.86. The molecule has 2 rings (SSSR count). The molecule has 0 atom stereocenters. The quantitative estimate of drug-likeness (QED) is 0.715. The second-order valence-corrected chi connectivity index (χ2v) is 3.50. The van der Waals surface area contributed by atoms with Crippen LogP contribution >= 0.6 is 11.3 Å². The van der Waals surface area contributed by atoms with Gasteiger partial charge in [-0.3, -0.25) is 5.32 Å². The molecule has 0 radical (unpaired) electrons. The summed E-state index contributed by atoms with van der Waals surface area (Å²) in [7, 11) is 0. The second kappa shape index (κ2) is 3.10. The zero-order chi connectivity index (χ0) is 8.39. The molecule has 4 nitrogen and oxygen atoms in total. The number of aromatic nitrogens is 1. The molecule has 1 N–H and O–H groups in total. The molecule has 1 aliphatic heterocycles. The molecular weight excluding hydrogens is 174 g/mol. The minimum Gasteiger partial charge on any atom is -0.324 e. The van der Waals surface area contributed by atoms with Crippen LogP contribution in [0.4, 0.5) is 9.93 Å². The number of amides is 2. The van der Waals surface area contributed by atoms with E-state index in [2.05, 4.69) is 10.3 Å². The van der Waals surface area contributed by atoms with Gasteiger partial charge in [-0.25, -0.2) is 9.78 Å². The molecule has 2 amide bonds. The molecule has 64 valence electrons. The first-order valence-corrected chi connectivity index (χ1v) is 4.69. The first-order valence-electron chi connectivity index (χ1n) is 3.82. The maximum Gasteiger partial charge on any atom is 0.323 e. The van der Waals surface area contributed by atoms with E-state index < -0.39 is 0 Å². The normalized spacial score (nSPS) is 15.5. The van der Waals surface area contributed by atoms with Gasteiger partial charge in [-0.15, -0.1) is 11.3 Å². The van der Waals surface area contributed by atoms with Gasteiger partial charge in [0, 0.05) is 24.7 Å². The molecule has 1 aliphatic rings. The van der Waals surface area contributed by atoms with Crippen molar-refractivity contribution in [2.45, 2.75) is 6.42 Å². The Balaban J connectivity index is 1.90. The van der Waals surface area contributed by atoms with Gasteiger partial charge in [0.25, 0.3) is 0 Å². The predicted octanol–water partition coefficient (Wildman–Crippen LogP) is 1.38. The Bertz CT molecular complexity index is 268. The lowest BCUT2D eigenvalue weighted by Crippen LogP contribution is -2.44. The monoisotopic (exact) mass is 183 g/mol. The van der Waals surface area contributed by atoms with Gasteiger partial charge in [0.1, 0.15) is 0 Å². The van der Waals surface area contributed by atoms with E-state index in [4.69, 9.17) is 0 Å². The van der Waals surface area contributed by atoms with Crippen LogP contribution in [0.3, 0.4) is 0 Å². The maximum absolute atomic E-state index is 11.3. The van der Waals surface area contributed by atoms with Gasteiger partial charge in [-0.05, 0) is 6.42 Å². The molecule has 0 aromatic carbocycles. The van der Waals surface area contributed by atoms with Gasteiger partial charge >= 0.3 is 6.03 Å². The van der Waals surface area contributed by atoms with E-state index in [0.29, 0.717) is 5.13 Å². The number of nitrogens with zero attached hydrogens (tertiary/aromatic N) is 2. The van der Waals surface area contributed by atoms with Crippen LogP contribution in [0.2, 0.25) is 0 Å². The summed E-state index contributed by atoms with van der Waals surface area (Å²) < 4.78 is 0. The second-order valence-electron chi connectivity index (χ2n) is 2.61. The number of rotatable bonds is 1. The van der Waals surface area contributed by atoms with Crippen LogP contribution in [0.25, 0.3) is 0 Å². The summed E-state index contributed by atoms with van der Waals surface area (Å²) in [5.41, 5.74) is 0. The molecule has 0 saturated carbocycles. The summed E-state index contributed by atoms with van der Waals surface area (Å²) in [5.74, 6) is 0. The van der Waals surface area contributed by atoms with Crippen molar-refractivity contribution in [3.05, 3.63) is 11.6 Å². The Hall–Kier alpha value is -1.10. The summed E-state index contributed by atoms with van der Waals surface area (Å²) in [6, 6.07) is -0.0313. The Morgan fingerprint density at radius 3 is 3.00 bits per heavy atom. The largest absolute Gasteiger partial charge is 0.324 e. The highest BCUT2D eigenvalue weighted by Gasteiger charge is 2.20. The van der Waals surface area contributed by atoms with Gasteiger partial charge in [0.05, 0.1) is 0 Å². The molecular formula is C7H9N3OS. The smallest absolute Gasteiger partial charge is 0.323 e. The summed E-state index contributed by atoms with van der Waals surface area (Å²) in [6.45, 7) is 1.74. The number of likely N-dealkylation sites (tertiary alicyclic amines) is 1. The van der Waals surface area contributed by atoms with Crippen LogP contribution in [0.1, 0.15) is 6.42 Å². The number of hydrogen-bond acceptors (Lipinski definition) is 3. The molecule has 1 aromatic heterocycles. The third-order valence-electron chi connectivity index (χ3n) is 1.79. The van der Waals surface area contributed by atoms with Crippen molar-refractivity contribution in [3.63, 3.8) is 0 Å². The maximum atomic E-state index is 11.3. The third kappa shape index (κ3) is 1.40. The zero-order valence-corrected chi connectivity index (χ0v) is 7.30. The van der Waals surface area contributed by atoms with Crippen molar-refractivity contribution in [2.24, 2.45) is 0 Å². The topological polar surface area (TPSA) is 45.2 Å². The van der Waals surface area contributed by atoms with Crippen LogP contribution in [-0.4, -0.2) is 29.0 Å². The molecule has 1 fully saturated rings. The van der Waals surface area contributed by atoms with E-state index in [1.54, 1.807) is 11.1 Å². The van der Waals surface area contributed by atoms with Gasteiger partial charge in [-0.1, -0.05) is 0 Å². The highest BCUT2D eigenvalue weighted by Crippen LogP contribution is 2.13. The van der Waals surface area contributed by atoms with Crippen LogP contribution < -0.4 is 5.32 Å². The van der Waals surface area contributed by atoms with Crippen molar-refractivity contribution in [1.82, 2.24) is 9.88 Å². The molecule has 2 heterocycles. The van der Waals surface area contributed by atoms with Crippen molar-refractivity contribution in [2.75, 3.05) is 18.4 Å². The Morgan fingerprint density at radius 2 is 2.50 bits per heavy atom. The lowest BCUT2D eigenvalue weighted by molar-refractivity contribution is 0.181. The standard InChI is InChI=1S/C7H9N3OS/c11-7(10-3-1-4-10)9-6-8-2-5-12-6/h2,5H,1,3-4H2,(H,8,9,11). The number of carbonyl (C=O) groups excluding carboxylic acids is 1. The van der Waals surface area contributed by atoms with Crippen LogP contribution in [-0.2, 0) is 0 Å². The van der Waals surface area contributed by atoms with E-state index in [1.807, 2.05) is 5.38 Å². The number of nitrogens with one attached hydrogen (secondary N) is 1. The van der Waals surface area contributed by atoms with Gasteiger partial charge in [0.2, 0.25) is 0 Å². The lowest BCUT2D eigenvalue weighted by Gasteiger charge is -2.30. The van der Waals surface area contributed by atoms with Crippen molar-refractivity contribution >= 4 is 22.5 Å². The highest BCUT2D eigenvalue weighted by atomic mass is 32.1. The number of urea groups is 1. The number of carbonyl (C=O) groups is 1. The highest BCUT2D eigenvalue weighted by molar-refractivity contribution is 7.13. The van der Waals surface area contributed by atoms with Crippen LogP contribution in [0, 0.1) is 0 Å². The van der Waals surface area contributed by atoms with Gasteiger partial charge in [0.15, 0.2) is 5.13 Å². The first kappa shape index (κ1) is 7.54. The third-order valence-corrected chi connectivity index (χ3v) is 2.48. The average molecular weight is 183 g/mol. The van der Waals surface area contributed by atoms with E-state index in [1.165, 1.54) is 11.3 Å². The van der Waals surface area contributed by atoms with E-state index in [0.717, 1.165) is 19.5 Å². The molecule has 12 heavy (non-hydrogen) atoms. The van der Waals surface area contributed by atoms with Crippen molar-refractivity contribution in [3.8, 4) is 0 Å². The lowest BCUT2D eigenvalue weighted by atomic mass is 10.2. The Morgan fingerprint density at radius 1 is 1.67 bits per heavy atom. The van der Waals surface area contributed by atoms with E-state index in [9.17, 15) is 4.79 Å². The fourth-order valence-corrected chi connectivity index (χ4v) is 1.49. The molecule has 1 saturated heterocycles.